The fraction of sp³-hybridized carbons (Fsp3) is 0.273. The molecule has 0 aliphatic rings. The Balaban J connectivity index is 2.49. The number of carbonyl (C=O) groups is 1. The van der Waals surface area contributed by atoms with Gasteiger partial charge in [-0.1, -0.05) is 6.07 Å². The van der Waals surface area contributed by atoms with E-state index >= 15 is 0 Å². The number of carbonyl (C=O) groups excluding carboxylic acids is 1. The highest BCUT2D eigenvalue weighted by Gasteiger charge is 2.05. The Morgan fingerprint density at radius 1 is 1.47 bits per heavy atom. The highest BCUT2D eigenvalue weighted by Crippen LogP contribution is 2.11. The van der Waals surface area contributed by atoms with Crippen molar-refractivity contribution in [3.05, 3.63) is 29.8 Å². The molecule has 6 nitrogen and oxygen atoms in total. The van der Waals surface area contributed by atoms with Gasteiger partial charge in [-0.05, 0) is 18.2 Å². The zero-order valence-electron chi connectivity index (χ0n) is 9.64. The second-order valence-electron chi connectivity index (χ2n) is 3.29. The summed E-state index contributed by atoms with van der Waals surface area (Å²) in [5.41, 5.74) is 10.8. The molecule has 0 aliphatic carbocycles. The van der Waals surface area contributed by atoms with Crippen LogP contribution in [0.2, 0.25) is 0 Å². The molecule has 1 aromatic rings. The molecule has 0 unspecified atom stereocenters. The molecule has 17 heavy (non-hydrogen) atoms. The summed E-state index contributed by atoms with van der Waals surface area (Å²) in [5, 5.41) is 2.69. The van der Waals surface area contributed by atoms with Gasteiger partial charge in [0.2, 0.25) is 0 Å². The second-order valence-corrected chi connectivity index (χ2v) is 3.29. The Hall–Kier alpha value is -2.24. The van der Waals surface area contributed by atoms with Gasteiger partial charge in [0.25, 0.3) is 5.91 Å². The van der Waals surface area contributed by atoms with Gasteiger partial charge in [-0.25, -0.2) is 0 Å². The van der Waals surface area contributed by atoms with Crippen LogP contribution in [0.3, 0.4) is 0 Å². The number of ether oxygens (including phenoxy) is 1. The van der Waals surface area contributed by atoms with Gasteiger partial charge in [0.05, 0.1) is 13.7 Å². The number of nitrogens with one attached hydrogen (secondary N) is 1. The smallest absolute Gasteiger partial charge is 0.251 e. The van der Waals surface area contributed by atoms with E-state index in [-0.39, 0.29) is 11.9 Å². The monoisotopic (exact) mass is 236 g/mol. The van der Waals surface area contributed by atoms with Crippen molar-refractivity contribution in [3.8, 4) is 5.75 Å². The molecule has 0 spiro atoms. The van der Waals surface area contributed by atoms with Crippen LogP contribution < -0.4 is 21.5 Å². The molecule has 1 rings (SSSR count). The molecule has 0 radical (unpaired) electrons. The number of rotatable bonds is 5. The zero-order valence-corrected chi connectivity index (χ0v) is 9.64. The molecule has 5 N–H and O–H groups in total. The van der Waals surface area contributed by atoms with E-state index in [1.165, 1.54) is 0 Å². The molecule has 1 aromatic carbocycles. The van der Waals surface area contributed by atoms with Crippen LogP contribution in [-0.4, -0.2) is 32.1 Å². The number of hydrogen-bond acceptors (Lipinski definition) is 3. The SMILES string of the molecule is COc1cccc(C(=O)NCCN=C(N)N)c1. The lowest BCUT2D eigenvalue weighted by Gasteiger charge is -2.05. The third kappa shape index (κ3) is 4.42. The normalized spacial score (nSPS) is 9.47. The summed E-state index contributed by atoms with van der Waals surface area (Å²) >= 11 is 0. The first-order chi connectivity index (χ1) is 8.13. The van der Waals surface area contributed by atoms with Crippen LogP contribution in [0.25, 0.3) is 0 Å². The summed E-state index contributed by atoms with van der Waals surface area (Å²) in [4.78, 5) is 15.4. The predicted octanol–water partition coefficient (Wildman–Crippen LogP) is -0.302. The number of nitrogens with zero attached hydrogens (tertiary/aromatic N) is 1. The predicted molar refractivity (Wildman–Crippen MR) is 66.0 cm³/mol. The number of amides is 1. The Kier molecular flexibility index (Phi) is 4.80. The maximum atomic E-state index is 11.7. The van der Waals surface area contributed by atoms with Crippen molar-refractivity contribution in [3.63, 3.8) is 0 Å². The van der Waals surface area contributed by atoms with Crippen LogP contribution in [0.15, 0.2) is 29.3 Å². The van der Waals surface area contributed by atoms with E-state index in [9.17, 15) is 4.79 Å². The summed E-state index contributed by atoms with van der Waals surface area (Å²) < 4.78 is 5.03. The van der Waals surface area contributed by atoms with Crippen LogP contribution in [0, 0.1) is 0 Å². The average molecular weight is 236 g/mol. The molecule has 0 fully saturated rings. The summed E-state index contributed by atoms with van der Waals surface area (Å²) in [6.07, 6.45) is 0. The molecule has 0 saturated carbocycles. The van der Waals surface area contributed by atoms with Gasteiger partial charge >= 0.3 is 0 Å². The van der Waals surface area contributed by atoms with Crippen LogP contribution >= 0.6 is 0 Å². The molecule has 1 amide bonds. The number of aliphatic imine (C=N–C) groups is 1. The van der Waals surface area contributed by atoms with Gasteiger partial charge in [0.1, 0.15) is 5.75 Å². The Morgan fingerprint density at radius 2 is 2.24 bits per heavy atom. The van der Waals surface area contributed by atoms with Crippen molar-refractivity contribution in [1.29, 1.82) is 0 Å². The summed E-state index contributed by atoms with van der Waals surface area (Å²) in [6, 6.07) is 6.90. The van der Waals surface area contributed by atoms with Gasteiger partial charge in [-0.3, -0.25) is 9.79 Å². The second kappa shape index (κ2) is 6.37. The van der Waals surface area contributed by atoms with Gasteiger partial charge in [0.15, 0.2) is 5.96 Å². The van der Waals surface area contributed by atoms with Gasteiger partial charge in [-0.2, -0.15) is 0 Å². The standard InChI is InChI=1S/C11H16N4O2/c1-17-9-4-2-3-8(7-9)10(16)14-5-6-15-11(12)13/h2-4,7H,5-6H2,1H3,(H,14,16)(H4,12,13,15). The molecule has 0 heterocycles. The molecular formula is C11H16N4O2. The van der Waals surface area contributed by atoms with Crippen LogP contribution in [0.4, 0.5) is 0 Å². The van der Waals surface area contributed by atoms with Crippen LogP contribution in [0.1, 0.15) is 10.4 Å². The van der Waals surface area contributed by atoms with Crippen molar-refractivity contribution < 1.29 is 9.53 Å². The highest BCUT2D eigenvalue weighted by atomic mass is 16.5. The molecule has 0 aliphatic heterocycles. The van der Waals surface area contributed by atoms with Gasteiger partial charge in [-0.15, -0.1) is 0 Å². The maximum Gasteiger partial charge on any atom is 0.251 e. The molecule has 0 saturated heterocycles. The summed E-state index contributed by atoms with van der Waals surface area (Å²) in [6.45, 7) is 0.742. The fourth-order valence-corrected chi connectivity index (χ4v) is 1.22. The topological polar surface area (TPSA) is 103 Å². The quantitative estimate of drug-likeness (QED) is 0.371. The average Bonchev–Trinajstić information content (AvgIpc) is 2.34. The van der Waals surface area contributed by atoms with Crippen molar-refractivity contribution >= 4 is 11.9 Å². The molecule has 0 bridgehead atoms. The Morgan fingerprint density at radius 3 is 2.88 bits per heavy atom. The van der Waals surface area contributed by atoms with Crippen molar-refractivity contribution in [2.75, 3.05) is 20.2 Å². The number of methoxy groups -OCH3 is 1. The lowest BCUT2D eigenvalue weighted by Crippen LogP contribution is -2.28. The fourth-order valence-electron chi connectivity index (χ4n) is 1.22. The van der Waals surface area contributed by atoms with E-state index in [0.29, 0.717) is 24.4 Å². The first-order valence-electron chi connectivity index (χ1n) is 5.11. The molecule has 0 atom stereocenters. The molecular weight excluding hydrogens is 220 g/mol. The van der Waals surface area contributed by atoms with Gasteiger partial charge < -0.3 is 21.5 Å². The third-order valence-corrected chi connectivity index (χ3v) is 2.02. The first kappa shape index (κ1) is 12.8. The molecule has 0 aromatic heterocycles. The minimum Gasteiger partial charge on any atom is -0.497 e. The lowest BCUT2D eigenvalue weighted by atomic mass is 10.2. The minimum atomic E-state index is -0.185. The van der Waals surface area contributed by atoms with E-state index in [0.717, 1.165) is 0 Å². The Bertz CT molecular complexity index is 414. The molecule has 6 heteroatoms. The van der Waals surface area contributed by atoms with Crippen molar-refractivity contribution in [2.45, 2.75) is 0 Å². The summed E-state index contributed by atoms with van der Waals surface area (Å²) in [7, 11) is 1.55. The number of nitrogens with two attached hydrogens (primary N) is 2. The van der Waals surface area contributed by atoms with Crippen molar-refractivity contribution in [1.82, 2.24) is 5.32 Å². The van der Waals surface area contributed by atoms with E-state index < -0.39 is 0 Å². The van der Waals surface area contributed by atoms with Gasteiger partial charge in [0, 0.05) is 12.1 Å². The van der Waals surface area contributed by atoms with Crippen LogP contribution in [0.5, 0.6) is 5.75 Å². The third-order valence-electron chi connectivity index (χ3n) is 2.02. The first-order valence-corrected chi connectivity index (χ1v) is 5.11. The van der Waals surface area contributed by atoms with Crippen molar-refractivity contribution in [2.24, 2.45) is 16.5 Å². The number of hydrogen-bond donors (Lipinski definition) is 3. The highest BCUT2D eigenvalue weighted by molar-refractivity contribution is 5.94. The Labute approximate surface area is 99.7 Å². The van der Waals surface area contributed by atoms with E-state index in [2.05, 4.69) is 10.3 Å². The van der Waals surface area contributed by atoms with E-state index in [1.54, 1.807) is 31.4 Å². The summed E-state index contributed by atoms with van der Waals surface area (Å²) in [5.74, 6) is 0.470. The maximum absolute atomic E-state index is 11.7. The van der Waals surface area contributed by atoms with Crippen LogP contribution in [-0.2, 0) is 0 Å². The zero-order chi connectivity index (χ0) is 12.7. The largest absolute Gasteiger partial charge is 0.497 e. The van der Waals surface area contributed by atoms with E-state index in [1.807, 2.05) is 0 Å². The molecule has 92 valence electrons. The number of guanidine groups is 1. The lowest BCUT2D eigenvalue weighted by molar-refractivity contribution is 0.0954. The number of benzene rings is 1. The van der Waals surface area contributed by atoms with E-state index in [4.69, 9.17) is 16.2 Å². The minimum absolute atomic E-state index is 0.0145.